The van der Waals surface area contributed by atoms with Crippen molar-refractivity contribution in [1.29, 1.82) is 0 Å². The van der Waals surface area contributed by atoms with E-state index in [-0.39, 0.29) is 0 Å². The summed E-state index contributed by atoms with van der Waals surface area (Å²) in [7, 11) is 1.87. The Balaban J connectivity index is 0.000000561. The van der Waals surface area contributed by atoms with Gasteiger partial charge in [0.05, 0.1) is 6.67 Å². The Bertz CT molecular complexity index is 188. The number of hydrogen-bond donors (Lipinski definition) is 1. The highest BCUT2D eigenvalue weighted by atomic mass is 15.3. The Morgan fingerprint density at radius 1 is 1.50 bits per heavy atom. The van der Waals surface area contributed by atoms with Crippen molar-refractivity contribution in [3.05, 3.63) is 18.3 Å². The topological polar surface area (TPSA) is 55.0 Å². The van der Waals surface area contributed by atoms with Crippen LogP contribution in [-0.4, -0.2) is 23.9 Å². The molecule has 0 saturated carbocycles. The summed E-state index contributed by atoms with van der Waals surface area (Å²) >= 11 is 0. The molecule has 0 saturated heterocycles. The Kier molecular flexibility index (Phi) is 5.91. The molecular weight excluding hydrogens is 152 g/mol. The molecule has 0 radical (unpaired) electrons. The summed E-state index contributed by atoms with van der Waals surface area (Å²) in [4.78, 5) is 1.81. The van der Waals surface area contributed by atoms with Gasteiger partial charge in [-0.15, -0.1) is 5.10 Å². The first-order valence-corrected chi connectivity index (χ1v) is 4.03. The molecule has 1 aromatic rings. The highest BCUT2D eigenvalue weighted by molar-refractivity contribution is 5.34. The molecule has 0 aromatic carbocycles. The molecule has 4 heteroatoms. The van der Waals surface area contributed by atoms with Gasteiger partial charge in [-0.05, 0) is 12.1 Å². The molecule has 0 aliphatic rings. The second kappa shape index (κ2) is 6.54. The molecule has 12 heavy (non-hydrogen) atoms. The van der Waals surface area contributed by atoms with Gasteiger partial charge in [-0.25, -0.2) is 0 Å². The van der Waals surface area contributed by atoms with Crippen LogP contribution in [0.1, 0.15) is 13.8 Å². The van der Waals surface area contributed by atoms with E-state index >= 15 is 0 Å². The lowest BCUT2D eigenvalue weighted by atomic mass is 10.5. The van der Waals surface area contributed by atoms with Gasteiger partial charge in [-0.1, -0.05) is 13.8 Å². The molecule has 1 aromatic heterocycles. The van der Waals surface area contributed by atoms with E-state index in [9.17, 15) is 0 Å². The highest BCUT2D eigenvalue weighted by Gasteiger charge is 1.95. The Morgan fingerprint density at radius 2 is 2.17 bits per heavy atom. The smallest absolute Gasteiger partial charge is 0.151 e. The maximum absolute atomic E-state index is 5.36. The SMILES string of the molecule is CC.CN(CN)c1cccnn1. The van der Waals surface area contributed by atoms with Gasteiger partial charge < -0.3 is 10.6 Å². The van der Waals surface area contributed by atoms with Gasteiger partial charge in [0.15, 0.2) is 5.82 Å². The summed E-state index contributed by atoms with van der Waals surface area (Å²) in [6.45, 7) is 4.46. The molecule has 0 bridgehead atoms. The molecule has 68 valence electrons. The number of rotatable bonds is 2. The second-order valence-electron chi connectivity index (χ2n) is 1.96. The van der Waals surface area contributed by atoms with Crippen molar-refractivity contribution >= 4 is 5.82 Å². The quantitative estimate of drug-likeness (QED) is 0.665. The van der Waals surface area contributed by atoms with Crippen LogP contribution in [0.25, 0.3) is 0 Å². The lowest BCUT2D eigenvalue weighted by Crippen LogP contribution is -2.25. The first kappa shape index (κ1) is 10.8. The van der Waals surface area contributed by atoms with Gasteiger partial charge in [0.2, 0.25) is 0 Å². The lowest BCUT2D eigenvalue weighted by molar-refractivity contribution is 0.875. The van der Waals surface area contributed by atoms with Crippen LogP contribution in [-0.2, 0) is 0 Å². The van der Waals surface area contributed by atoms with Crippen molar-refractivity contribution in [3.63, 3.8) is 0 Å². The monoisotopic (exact) mass is 168 g/mol. The van der Waals surface area contributed by atoms with Crippen molar-refractivity contribution < 1.29 is 0 Å². The number of anilines is 1. The molecule has 2 N–H and O–H groups in total. The zero-order valence-electron chi connectivity index (χ0n) is 7.86. The average Bonchev–Trinajstić information content (AvgIpc) is 2.21. The van der Waals surface area contributed by atoms with Crippen LogP contribution in [0.5, 0.6) is 0 Å². The normalized spacial score (nSPS) is 8.33. The van der Waals surface area contributed by atoms with Crippen molar-refractivity contribution in [2.45, 2.75) is 13.8 Å². The summed E-state index contributed by atoms with van der Waals surface area (Å²) in [5.41, 5.74) is 5.36. The largest absolute Gasteiger partial charge is 0.346 e. The summed E-state index contributed by atoms with van der Waals surface area (Å²) < 4.78 is 0. The maximum atomic E-state index is 5.36. The van der Waals surface area contributed by atoms with Gasteiger partial charge in [0.25, 0.3) is 0 Å². The van der Waals surface area contributed by atoms with Crippen LogP contribution in [0.3, 0.4) is 0 Å². The standard InChI is InChI=1S/C6H10N4.C2H6/c1-10(5-7)6-3-2-4-8-9-6;1-2/h2-4H,5,7H2,1H3;1-2H3. The molecule has 0 spiro atoms. The zero-order valence-corrected chi connectivity index (χ0v) is 7.86. The second-order valence-corrected chi connectivity index (χ2v) is 1.96. The van der Waals surface area contributed by atoms with Gasteiger partial charge in [-0.3, -0.25) is 0 Å². The number of hydrogen-bond acceptors (Lipinski definition) is 4. The van der Waals surface area contributed by atoms with Crippen molar-refractivity contribution in [1.82, 2.24) is 10.2 Å². The molecule has 0 aliphatic carbocycles. The summed E-state index contributed by atoms with van der Waals surface area (Å²) in [5, 5.41) is 7.55. The van der Waals surface area contributed by atoms with Gasteiger partial charge >= 0.3 is 0 Å². The van der Waals surface area contributed by atoms with E-state index in [0.717, 1.165) is 5.82 Å². The molecule has 0 amide bonds. The fourth-order valence-corrected chi connectivity index (χ4v) is 0.591. The van der Waals surface area contributed by atoms with E-state index < -0.39 is 0 Å². The predicted octanol–water partition coefficient (Wildman–Crippen LogP) is 0.855. The predicted molar refractivity (Wildman–Crippen MR) is 50.8 cm³/mol. The minimum Gasteiger partial charge on any atom is -0.346 e. The third-order valence-corrected chi connectivity index (χ3v) is 1.22. The van der Waals surface area contributed by atoms with E-state index in [1.807, 2.05) is 37.9 Å². The fraction of sp³-hybridized carbons (Fsp3) is 0.500. The maximum Gasteiger partial charge on any atom is 0.151 e. The fourth-order valence-electron chi connectivity index (χ4n) is 0.591. The Hall–Kier alpha value is -1.16. The van der Waals surface area contributed by atoms with E-state index in [2.05, 4.69) is 10.2 Å². The van der Waals surface area contributed by atoms with Gasteiger partial charge in [-0.2, -0.15) is 5.10 Å². The van der Waals surface area contributed by atoms with Gasteiger partial charge in [0.1, 0.15) is 0 Å². The highest BCUT2D eigenvalue weighted by Crippen LogP contribution is 2.01. The minimum absolute atomic E-state index is 0.457. The van der Waals surface area contributed by atoms with Crippen molar-refractivity contribution in [3.8, 4) is 0 Å². The van der Waals surface area contributed by atoms with Crippen LogP contribution >= 0.6 is 0 Å². The summed E-state index contributed by atoms with van der Waals surface area (Å²) in [6, 6.07) is 3.69. The van der Waals surface area contributed by atoms with Crippen LogP contribution < -0.4 is 10.6 Å². The first-order valence-electron chi connectivity index (χ1n) is 4.03. The first-order chi connectivity index (χ1) is 5.84. The molecule has 0 fully saturated rings. The van der Waals surface area contributed by atoms with Gasteiger partial charge in [0, 0.05) is 13.2 Å². The van der Waals surface area contributed by atoms with E-state index in [4.69, 9.17) is 5.73 Å². The van der Waals surface area contributed by atoms with Crippen LogP contribution in [0.15, 0.2) is 18.3 Å². The van der Waals surface area contributed by atoms with Crippen LogP contribution in [0, 0.1) is 0 Å². The summed E-state index contributed by atoms with van der Waals surface area (Å²) in [6.07, 6.45) is 1.63. The molecule has 1 rings (SSSR count). The Morgan fingerprint density at radius 3 is 2.58 bits per heavy atom. The number of nitrogens with two attached hydrogens (primary N) is 1. The van der Waals surface area contributed by atoms with Crippen LogP contribution in [0.4, 0.5) is 5.82 Å². The summed E-state index contributed by atoms with van der Waals surface area (Å²) in [5.74, 6) is 0.796. The third-order valence-electron chi connectivity index (χ3n) is 1.22. The number of aromatic nitrogens is 2. The Labute approximate surface area is 73.4 Å². The van der Waals surface area contributed by atoms with Crippen molar-refractivity contribution in [2.75, 3.05) is 18.6 Å². The molecule has 0 unspecified atom stereocenters. The van der Waals surface area contributed by atoms with Crippen LogP contribution in [0.2, 0.25) is 0 Å². The van der Waals surface area contributed by atoms with E-state index in [1.165, 1.54) is 0 Å². The van der Waals surface area contributed by atoms with E-state index in [1.54, 1.807) is 6.20 Å². The third kappa shape index (κ3) is 3.30. The molecular formula is C8H16N4. The molecule has 0 aliphatic heterocycles. The lowest BCUT2D eigenvalue weighted by Gasteiger charge is -2.12. The van der Waals surface area contributed by atoms with Crippen molar-refractivity contribution in [2.24, 2.45) is 5.73 Å². The molecule has 0 atom stereocenters. The number of nitrogens with zero attached hydrogens (tertiary/aromatic N) is 3. The molecule has 1 heterocycles. The van der Waals surface area contributed by atoms with E-state index in [0.29, 0.717) is 6.67 Å². The molecule has 4 nitrogen and oxygen atoms in total. The average molecular weight is 168 g/mol. The minimum atomic E-state index is 0.457. The zero-order chi connectivity index (χ0) is 9.40.